The van der Waals surface area contributed by atoms with Crippen molar-refractivity contribution in [3.05, 3.63) is 89.5 Å². The molecule has 0 saturated heterocycles. The molecule has 0 fully saturated rings. The van der Waals surface area contributed by atoms with Gasteiger partial charge in [-0.05, 0) is 62.0 Å². The lowest BCUT2D eigenvalue weighted by atomic mass is 10.2. The second-order valence-electron chi connectivity index (χ2n) is 7.47. The van der Waals surface area contributed by atoms with Crippen molar-refractivity contribution in [3.63, 3.8) is 0 Å². The van der Waals surface area contributed by atoms with E-state index in [1.54, 1.807) is 7.11 Å². The molecule has 3 unspecified atom stereocenters. The van der Waals surface area contributed by atoms with E-state index >= 15 is 0 Å². The number of nitrogens with one attached hydrogen (secondary N) is 1. The molecule has 3 rings (SSSR count). The Morgan fingerprint density at radius 1 is 0.714 bits per heavy atom. The molecule has 0 spiro atoms. The molecule has 0 saturated carbocycles. The average Bonchev–Trinajstić information content (AvgIpc) is 2.87. The van der Waals surface area contributed by atoms with Gasteiger partial charge in [0.1, 0.15) is 5.75 Å². The topological polar surface area (TPSA) is 79.8 Å². The molecule has 0 radical (unpaired) electrons. The lowest BCUT2D eigenvalue weighted by molar-refractivity contribution is 0.351. The van der Waals surface area contributed by atoms with Crippen LogP contribution in [-0.4, -0.2) is 21.3 Å². The lowest BCUT2D eigenvalue weighted by Crippen LogP contribution is -2.18. The van der Waals surface area contributed by atoms with Crippen LogP contribution in [0.15, 0.2) is 77.3 Å². The summed E-state index contributed by atoms with van der Waals surface area (Å²) in [6.07, 6.45) is 0. The summed E-state index contributed by atoms with van der Waals surface area (Å²) in [4.78, 5) is 3.23. The molecule has 0 aliphatic carbocycles. The molecule has 3 atom stereocenters. The second-order valence-corrected chi connectivity index (χ2v) is 12.7. The Morgan fingerprint density at radius 2 is 1.20 bits per heavy atom. The highest BCUT2D eigenvalue weighted by Gasteiger charge is 2.56. The van der Waals surface area contributed by atoms with E-state index in [0.29, 0.717) is 17.2 Å². The summed E-state index contributed by atoms with van der Waals surface area (Å²) in [5.41, 5.74) is 3.35. The van der Waals surface area contributed by atoms with Crippen LogP contribution in [0.2, 0.25) is 0 Å². The molecule has 1 N–H and O–H groups in total. The summed E-state index contributed by atoms with van der Waals surface area (Å²) in [5, 5.41) is 0. The quantitative estimate of drug-likeness (QED) is 0.235. The van der Waals surface area contributed by atoms with Crippen LogP contribution in [0, 0.1) is 20.8 Å². The van der Waals surface area contributed by atoms with Crippen LogP contribution in [-0.2, 0) is 13.6 Å². The molecule has 35 heavy (non-hydrogen) atoms. The van der Waals surface area contributed by atoms with Crippen molar-refractivity contribution in [3.8, 4) is 17.2 Å². The SMILES string of the molecule is COP(N[P+](N=[P+](OC)Oc1ccc(C)cc1)(OC)Oc1ccc(C)cc1)Oc1ccc(C)cc1. The van der Waals surface area contributed by atoms with Gasteiger partial charge in [-0.15, -0.1) is 4.52 Å². The van der Waals surface area contributed by atoms with Gasteiger partial charge in [-0.25, -0.2) is 4.52 Å². The minimum Gasteiger partial charge on any atom is -0.434 e. The van der Waals surface area contributed by atoms with E-state index in [9.17, 15) is 0 Å². The van der Waals surface area contributed by atoms with E-state index in [2.05, 4.69) is 4.86 Å². The van der Waals surface area contributed by atoms with Gasteiger partial charge in [-0.2, -0.15) is 4.52 Å². The van der Waals surface area contributed by atoms with Crippen LogP contribution >= 0.6 is 24.7 Å². The zero-order valence-electron chi connectivity index (χ0n) is 20.7. The highest BCUT2D eigenvalue weighted by Crippen LogP contribution is 2.66. The Morgan fingerprint density at radius 3 is 1.66 bits per heavy atom. The molecule has 0 amide bonds. The van der Waals surface area contributed by atoms with Gasteiger partial charge in [0, 0.05) is 7.11 Å². The molecule has 0 aromatic heterocycles. The van der Waals surface area contributed by atoms with Gasteiger partial charge in [-0.1, -0.05) is 53.1 Å². The molecule has 0 aliphatic heterocycles. The monoisotopic (exact) mass is 536 g/mol. The van der Waals surface area contributed by atoms with Crippen LogP contribution in [0.3, 0.4) is 0 Å². The molecule has 186 valence electrons. The van der Waals surface area contributed by atoms with Gasteiger partial charge in [0.25, 0.3) is 0 Å². The van der Waals surface area contributed by atoms with Crippen LogP contribution in [0.5, 0.6) is 17.2 Å². The molecule has 0 bridgehead atoms. The Hall–Kier alpha value is -2.14. The van der Waals surface area contributed by atoms with Crippen molar-refractivity contribution in [2.45, 2.75) is 20.8 Å². The van der Waals surface area contributed by atoms with Crippen LogP contribution in [0.1, 0.15) is 16.7 Å². The first-order chi connectivity index (χ1) is 16.8. The Kier molecular flexibility index (Phi) is 10.4. The summed E-state index contributed by atoms with van der Waals surface area (Å²) in [7, 11) is -2.09. The Labute approximate surface area is 210 Å². The molecule has 3 aromatic carbocycles. The zero-order valence-corrected chi connectivity index (χ0v) is 23.3. The predicted molar refractivity (Wildman–Crippen MR) is 143 cm³/mol. The van der Waals surface area contributed by atoms with E-state index < -0.39 is 24.7 Å². The third-order valence-corrected chi connectivity index (χ3v) is 10.2. The zero-order chi connectivity index (χ0) is 25.3. The maximum Gasteiger partial charge on any atom is 0.659 e. The third kappa shape index (κ3) is 8.49. The molecule has 11 heteroatoms. The largest absolute Gasteiger partial charge is 0.659 e. The number of aryl methyl sites for hydroxylation is 3. The average molecular weight is 536 g/mol. The fraction of sp³-hybridized carbons (Fsp3) is 0.250. The number of hydrogen-bond acceptors (Lipinski definition) is 8. The summed E-state index contributed by atoms with van der Waals surface area (Å²) in [6.45, 7) is 6.03. The maximum absolute atomic E-state index is 6.31. The summed E-state index contributed by atoms with van der Waals surface area (Å²) in [6, 6.07) is 22.9. The summed E-state index contributed by atoms with van der Waals surface area (Å²) >= 11 is 0. The molecule has 3 aromatic rings. The van der Waals surface area contributed by atoms with E-state index in [4.69, 9.17) is 31.7 Å². The van der Waals surface area contributed by atoms with Crippen molar-refractivity contribution in [1.82, 2.24) is 4.86 Å². The first-order valence-electron chi connectivity index (χ1n) is 10.7. The van der Waals surface area contributed by atoms with Crippen molar-refractivity contribution >= 4 is 24.7 Å². The Balaban J connectivity index is 1.93. The fourth-order valence-corrected chi connectivity index (χ4v) is 7.91. The summed E-state index contributed by atoms with van der Waals surface area (Å²) in [5.74, 6) is 1.84. The fourth-order valence-electron chi connectivity index (χ4n) is 2.69. The number of hydrogen-bond donors (Lipinski definition) is 1. The van der Waals surface area contributed by atoms with Gasteiger partial charge in [0.15, 0.2) is 11.5 Å². The van der Waals surface area contributed by atoms with Crippen molar-refractivity contribution < 1.29 is 27.1 Å². The van der Waals surface area contributed by atoms with E-state index in [1.165, 1.54) is 14.2 Å². The van der Waals surface area contributed by atoms with Gasteiger partial charge < -0.3 is 9.05 Å². The van der Waals surface area contributed by atoms with Gasteiger partial charge in [0.2, 0.25) is 4.52 Å². The standard InChI is InChI=1S/C24H31N2O6P3/c1-19-7-13-22(14-8-19)30-33(27-4)25-35(29-6,32-24-17-11-21(3)12-18-24)26-34(28-5)31-23-15-9-20(2)10-16-23/h7-18,25H,1-6H3/q+2. The van der Waals surface area contributed by atoms with Gasteiger partial charge >= 0.3 is 24.7 Å². The normalized spacial score (nSPS) is 14.2. The molecule has 0 aliphatic rings. The van der Waals surface area contributed by atoms with Crippen LogP contribution in [0.4, 0.5) is 0 Å². The molecule has 0 heterocycles. The van der Waals surface area contributed by atoms with Crippen molar-refractivity contribution in [2.24, 2.45) is 4.52 Å². The number of benzene rings is 3. The molecular weight excluding hydrogens is 505 g/mol. The highest BCUT2D eigenvalue weighted by molar-refractivity contribution is 7.75. The van der Waals surface area contributed by atoms with E-state index in [-0.39, 0.29) is 0 Å². The summed E-state index contributed by atoms with van der Waals surface area (Å²) < 4.78 is 40.2. The van der Waals surface area contributed by atoms with Crippen molar-refractivity contribution in [2.75, 3.05) is 21.3 Å². The van der Waals surface area contributed by atoms with E-state index in [0.717, 1.165) is 16.7 Å². The molecular formula is C24H31N2O6P3+2. The maximum atomic E-state index is 6.31. The van der Waals surface area contributed by atoms with Crippen LogP contribution in [0.25, 0.3) is 0 Å². The minimum absolute atomic E-state index is 0.574. The smallest absolute Gasteiger partial charge is 0.434 e. The first kappa shape index (κ1) is 27.4. The number of rotatable bonds is 12. The first-order valence-corrected chi connectivity index (χ1v) is 14.6. The predicted octanol–water partition coefficient (Wildman–Crippen LogP) is 8.08. The Bertz CT molecular complexity index is 1100. The number of nitrogens with zero attached hydrogens (tertiary/aromatic N) is 1. The van der Waals surface area contributed by atoms with Crippen LogP contribution < -0.4 is 18.4 Å². The van der Waals surface area contributed by atoms with Gasteiger partial charge in [-0.3, -0.25) is 4.52 Å². The highest BCUT2D eigenvalue weighted by atomic mass is 31.3. The second kappa shape index (κ2) is 13.2. The minimum atomic E-state index is -3.22. The van der Waals surface area contributed by atoms with Crippen molar-refractivity contribution in [1.29, 1.82) is 0 Å². The lowest BCUT2D eigenvalue weighted by Gasteiger charge is -2.19. The molecule has 8 nitrogen and oxygen atoms in total. The van der Waals surface area contributed by atoms with Gasteiger partial charge in [0.05, 0.1) is 14.2 Å². The van der Waals surface area contributed by atoms with E-state index in [1.807, 2.05) is 93.6 Å². The third-order valence-electron chi connectivity index (χ3n) is 4.63.